The van der Waals surface area contributed by atoms with E-state index in [1.54, 1.807) is 0 Å². The summed E-state index contributed by atoms with van der Waals surface area (Å²) < 4.78 is 17.9. The van der Waals surface area contributed by atoms with Gasteiger partial charge in [0.1, 0.15) is 5.82 Å². The minimum atomic E-state index is -0.565. The molecule has 3 aromatic carbocycles. The molecule has 1 amide bonds. The lowest BCUT2D eigenvalue weighted by Crippen LogP contribution is -2.21. The second-order valence-corrected chi connectivity index (χ2v) is 7.85. The van der Waals surface area contributed by atoms with Crippen LogP contribution in [0.3, 0.4) is 0 Å². The topological polar surface area (TPSA) is 68.3 Å². The number of amides is 1. The van der Waals surface area contributed by atoms with E-state index in [2.05, 4.69) is 22.4 Å². The smallest absolute Gasteiger partial charge is 0.310 e. The molecule has 0 bridgehead atoms. The molecule has 1 aromatic heterocycles. The van der Waals surface area contributed by atoms with Crippen LogP contribution in [0.5, 0.6) is 0 Å². The summed E-state index contributed by atoms with van der Waals surface area (Å²) in [6.45, 7) is -0.416. The van der Waals surface area contributed by atoms with Crippen molar-refractivity contribution in [3.63, 3.8) is 0 Å². The van der Waals surface area contributed by atoms with Gasteiger partial charge in [-0.15, -0.1) is 11.3 Å². The number of aromatic nitrogens is 1. The largest absolute Gasteiger partial charge is 0.455 e. The Labute approximate surface area is 188 Å². The average molecular weight is 447 g/mol. The molecule has 0 spiro atoms. The fourth-order valence-corrected chi connectivity index (χ4v) is 3.78. The number of carbonyl (C=O) groups excluding carboxylic acids is 2. The zero-order valence-corrected chi connectivity index (χ0v) is 17.8. The van der Waals surface area contributed by atoms with E-state index in [0.29, 0.717) is 10.7 Å². The predicted molar refractivity (Wildman–Crippen MR) is 123 cm³/mol. The molecule has 0 fully saturated rings. The minimum absolute atomic E-state index is 0.0338. The highest BCUT2D eigenvalue weighted by Gasteiger charge is 2.12. The SMILES string of the molecule is O=C(COC(=O)Cc1ccc(F)cc1)Nc1nc(-c2ccc(-c3ccccc3)cc2)cs1. The average Bonchev–Trinajstić information content (AvgIpc) is 3.28. The highest BCUT2D eigenvalue weighted by molar-refractivity contribution is 7.14. The van der Waals surface area contributed by atoms with Crippen molar-refractivity contribution in [1.29, 1.82) is 0 Å². The normalized spacial score (nSPS) is 10.5. The zero-order chi connectivity index (χ0) is 22.3. The summed E-state index contributed by atoms with van der Waals surface area (Å²) in [5.74, 6) is -1.42. The highest BCUT2D eigenvalue weighted by Crippen LogP contribution is 2.27. The molecular formula is C25H19FN2O3S. The molecule has 0 unspecified atom stereocenters. The Morgan fingerprint density at radius 2 is 1.53 bits per heavy atom. The molecule has 32 heavy (non-hydrogen) atoms. The van der Waals surface area contributed by atoms with Crippen LogP contribution < -0.4 is 5.32 Å². The molecule has 4 aromatic rings. The van der Waals surface area contributed by atoms with E-state index in [1.807, 2.05) is 47.8 Å². The maximum Gasteiger partial charge on any atom is 0.310 e. The number of thiazole rings is 1. The van der Waals surface area contributed by atoms with E-state index >= 15 is 0 Å². The molecule has 160 valence electrons. The van der Waals surface area contributed by atoms with Crippen molar-refractivity contribution >= 4 is 28.3 Å². The number of anilines is 1. The maximum absolute atomic E-state index is 12.9. The molecule has 0 aliphatic heterocycles. The van der Waals surface area contributed by atoms with Crippen LogP contribution in [0.2, 0.25) is 0 Å². The summed E-state index contributed by atoms with van der Waals surface area (Å²) in [4.78, 5) is 28.4. The second-order valence-electron chi connectivity index (χ2n) is 6.99. The Bertz CT molecular complexity index is 1210. The van der Waals surface area contributed by atoms with E-state index < -0.39 is 18.5 Å². The van der Waals surface area contributed by atoms with Crippen LogP contribution in [-0.2, 0) is 20.7 Å². The summed E-state index contributed by atoms with van der Waals surface area (Å²) in [6.07, 6.45) is -0.0338. The third-order valence-electron chi connectivity index (χ3n) is 4.66. The van der Waals surface area contributed by atoms with Crippen molar-refractivity contribution in [3.05, 3.63) is 95.6 Å². The van der Waals surface area contributed by atoms with Crippen LogP contribution in [0.15, 0.2) is 84.2 Å². The van der Waals surface area contributed by atoms with Crippen LogP contribution in [0.4, 0.5) is 9.52 Å². The molecule has 4 rings (SSSR count). The quantitative estimate of drug-likeness (QED) is 0.389. The molecule has 0 aliphatic carbocycles. The molecule has 5 nitrogen and oxygen atoms in total. The summed E-state index contributed by atoms with van der Waals surface area (Å²) >= 11 is 1.29. The van der Waals surface area contributed by atoms with E-state index in [4.69, 9.17) is 4.74 Å². The first-order valence-corrected chi connectivity index (χ1v) is 10.8. The number of nitrogens with zero attached hydrogens (tertiary/aromatic N) is 1. The van der Waals surface area contributed by atoms with Gasteiger partial charge in [-0.3, -0.25) is 14.9 Å². The number of benzene rings is 3. The van der Waals surface area contributed by atoms with Crippen molar-refractivity contribution in [1.82, 2.24) is 4.98 Å². The minimum Gasteiger partial charge on any atom is -0.455 e. The number of carbonyl (C=O) groups is 2. The Morgan fingerprint density at radius 1 is 0.875 bits per heavy atom. The summed E-state index contributed by atoms with van der Waals surface area (Å²) in [5.41, 5.74) is 4.55. The molecular weight excluding hydrogens is 427 g/mol. The lowest BCUT2D eigenvalue weighted by molar-refractivity contribution is -0.146. The van der Waals surface area contributed by atoms with E-state index in [9.17, 15) is 14.0 Å². The summed E-state index contributed by atoms with van der Waals surface area (Å²) in [5, 5.41) is 4.92. The van der Waals surface area contributed by atoms with Gasteiger partial charge in [0.25, 0.3) is 5.91 Å². The Morgan fingerprint density at radius 3 is 2.25 bits per heavy atom. The number of hydrogen-bond donors (Lipinski definition) is 1. The fraction of sp³-hybridized carbons (Fsp3) is 0.0800. The van der Waals surface area contributed by atoms with Crippen molar-refractivity contribution in [3.8, 4) is 22.4 Å². The van der Waals surface area contributed by atoms with E-state index in [1.165, 1.54) is 35.6 Å². The number of halogens is 1. The van der Waals surface area contributed by atoms with Crippen LogP contribution >= 0.6 is 11.3 Å². The van der Waals surface area contributed by atoms with Crippen LogP contribution in [0.25, 0.3) is 22.4 Å². The van der Waals surface area contributed by atoms with Gasteiger partial charge in [-0.2, -0.15) is 0 Å². The van der Waals surface area contributed by atoms with Gasteiger partial charge in [-0.25, -0.2) is 9.37 Å². The number of ether oxygens (including phenoxy) is 1. The van der Waals surface area contributed by atoms with Crippen LogP contribution in [-0.4, -0.2) is 23.5 Å². The van der Waals surface area contributed by atoms with Gasteiger partial charge in [-0.05, 0) is 28.8 Å². The van der Waals surface area contributed by atoms with Crippen LogP contribution in [0.1, 0.15) is 5.56 Å². The first-order chi connectivity index (χ1) is 15.6. The first-order valence-electron chi connectivity index (χ1n) is 9.88. The fourth-order valence-electron chi connectivity index (χ4n) is 3.05. The lowest BCUT2D eigenvalue weighted by Gasteiger charge is -2.05. The van der Waals surface area contributed by atoms with Gasteiger partial charge in [0, 0.05) is 10.9 Å². The van der Waals surface area contributed by atoms with Gasteiger partial charge in [0.05, 0.1) is 12.1 Å². The summed E-state index contributed by atoms with van der Waals surface area (Å²) in [7, 11) is 0. The van der Waals surface area contributed by atoms with Gasteiger partial charge in [-0.1, -0.05) is 66.7 Å². The lowest BCUT2D eigenvalue weighted by atomic mass is 10.0. The Hall–Kier alpha value is -3.84. The number of nitrogens with one attached hydrogen (secondary N) is 1. The zero-order valence-electron chi connectivity index (χ0n) is 17.0. The molecule has 0 aliphatic rings. The number of hydrogen-bond acceptors (Lipinski definition) is 5. The van der Waals surface area contributed by atoms with Crippen molar-refractivity contribution < 1.29 is 18.7 Å². The van der Waals surface area contributed by atoms with Crippen molar-refractivity contribution in [2.45, 2.75) is 6.42 Å². The molecule has 0 atom stereocenters. The van der Waals surface area contributed by atoms with Crippen molar-refractivity contribution in [2.24, 2.45) is 0 Å². The van der Waals surface area contributed by atoms with Gasteiger partial charge in [0.2, 0.25) is 0 Å². The molecule has 1 heterocycles. The van der Waals surface area contributed by atoms with E-state index in [0.717, 1.165) is 22.4 Å². The standard InChI is InChI=1S/C25H19FN2O3S/c26-21-12-6-17(7-13-21)14-24(30)31-15-23(29)28-25-27-22(16-32-25)20-10-8-19(9-11-20)18-4-2-1-3-5-18/h1-13,16H,14-15H2,(H,27,28,29). The third-order valence-corrected chi connectivity index (χ3v) is 5.42. The third kappa shape index (κ3) is 5.65. The summed E-state index contributed by atoms with van der Waals surface area (Å²) in [6, 6.07) is 23.7. The monoisotopic (exact) mass is 446 g/mol. The molecule has 7 heteroatoms. The van der Waals surface area contributed by atoms with Gasteiger partial charge in [0.15, 0.2) is 11.7 Å². The number of rotatable bonds is 7. The second kappa shape index (κ2) is 9.98. The number of esters is 1. The van der Waals surface area contributed by atoms with Gasteiger partial charge < -0.3 is 4.74 Å². The maximum atomic E-state index is 12.9. The highest BCUT2D eigenvalue weighted by atomic mass is 32.1. The predicted octanol–water partition coefficient (Wildman–Crippen LogP) is 5.34. The van der Waals surface area contributed by atoms with Crippen molar-refractivity contribution in [2.75, 3.05) is 11.9 Å². The molecule has 0 saturated carbocycles. The Kier molecular flexibility index (Phi) is 6.67. The first kappa shape index (κ1) is 21.4. The van der Waals surface area contributed by atoms with Gasteiger partial charge >= 0.3 is 5.97 Å². The molecule has 1 N–H and O–H groups in total. The molecule has 0 radical (unpaired) electrons. The van der Waals surface area contributed by atoms with Crippen LogP contribution in [0, 0.1) is 5.82 Å². The Balaban J connectivity index is 1.29. The van der Waals surface area contributed by atoms with E-state index in [-0.39, 0.29) is 12.2 Å². The molecule has 0 saturated heterocycles.